The van der Waals surface area contributed by atoms with Crippen molar-refractivity contribution < 1.29 is 17.6 Å². The van der Waals surface area contributed by atoms with Crippen molar-refractivity contribution in [3.63, 3.8) is 0 Å². The molecule has 7 nitrogen and oxygen atoms in total. The summed E-state index contributed by atoms with van der Waals surface area (Å²) in [6.07, 6.45) is 0.149. The second-order valence-corrected chi connectivity index (χ2v) is 8.55. The molecule has 0 radical (unpaired) electrons. The van der Waals surface area contributed by atoms with E-state index in [0.717, 1.165) is 16.3 Å². The minimum Gasteiger partial charge on any atom is -0.459 e. The number of carbonyl (C=O) groups excluding carboxylic acids is 1. The first kappa shape index (κ1) is 19.3. The average molecular weight is 406 g/mol. The first-order valence-electron chi connectivity index (χ1n) is 8.16. The van der Waals surface area contributed by atoms with E-state index >= 15 is 0 Å². The maximum Gasteiger partial charge on any atom is 0.238 e. The molecule has 0 spiro atoms. The second-order valence-electron chi connectivity index (χ2n) is 6.13. The molecule has 1 amide bonds. The number of sulfonamides is 1. The fourth-order valence-corrected chi connectivity index (χ4v) is 3.83. The van der Waals surface area contributed by atoms with Crippen LogP contribution in [0.2, 0.25) is 0 Å². The van der Waals surface area contributed by atoms with Gasteiger partial charge in [0.25, 0.3) is 0 Å². The monoisotopic (exact) mass is 405 g/mol. The Labute approximate surface area is 161 Å². The van der Waals surface area contributed by atoms with E-state index in [1.165, 1.54) is 23.5 Å². The molecule has 27 heavy (non-hydrogen) atoms. The number of benzene rings is 1. The van der Waals surface area contributed by atoms with Crippen LogP contribution in [0, 0.1) is 6.92 Å². The van der Waals surface area contributed by atoms with E-state index in [1.807, 2.05) is 31.4 Å². The molecule has 0 aliphatic heterocycles. The van der Waals surface area contributed by atoms with Gasteiger partial charge in [0.15, 0.2) is 10.8 Å². The molecule has 3 aromatic rings. The number of amides is 1. The molecule has 0 saturated carbocycles. The molecule has 9 heteroatoms. The Kier molecular flexibility index (Phi) is 5.45. The molecule has 0 aliphatic rings. The van der Waals surface area contributed by atoms with Crippen molar-refractivity contribution in [1.82, 2.24) is 10.3 Å². The Hall–Kier alpha value is -2.49. The van der Waals surface area contributed by atoms with Crippen LogP contribution in [0.3, 0.4) is 0 Å². The van der Waals surface area contributed by atoms with Crippen LogP contribution in [0.15, 0.2) is 51.1 Å². The highest BCUT2D eigenvalue weighted by Crippen LogP contribution is 2.25. The lowest BCUT2D eigenvalue weighted by molar-refractivity contribution is -0.121. The van der Waals surface area contributed by atoms with E-state index in [0.29, 0.717) is 11.5 Å². The number of rotatable bonds is 6. The highest BCUT2D eigenvalue weighted by Gasteiger charge is 2.15. The van der Waals surface area contributed by atoms with E-state index in [2.05, 4.69) is 10.3 Å². The van der Waals surface area contributed by atoms with Gasteiger partial charge >= 0.3 is 0 Å². The highest BCUT2D eigenvalue weighted by atomic mass is 32.2. The van der Waals surface area contributed by atoms with Gasteiger partial charge in [0.1, 0.15) is 5.76 Å². The summed E-state index contributed by atoms with van der Waals surface area (Å²) in [6.45, 7) is 3.68. The summed E-state index contributed by atoms with van der Waals surface area (Å²) in [6, 6.07) is 9.54. The van der Waals surface area contributed by atoms with Gasteiger partial charge in [-0.1, -0.05) is 12.1 Å². The van der Waals surface area contributed by atoms with Crippen LogP contribution in [0.5, 0.6) is 0 Å². The number of nitrogens with two attached hydrogens (primary N) is 1. The molecular formula is C18H19N3O4S2. The number of aromatic nitrogens is 1. The van der Waals surface area contributed by atoms with Gasteiger partial charge in [0.05, 0.1) is 23.1 Å². The van der Waals surface area contributed by atoms with Crippen molar-refractivity contribution >= 4 is 27.3 Å². The van der Waals surface area contributed by atoms with Gasteiger partial charge < -0.3 is 9.73 Å². The zero-order valence-electron chi connectivity index (χ0n) is 14.8. The summed E-state index contributed by atoms with van der Waals surface area (Å²) < 4.78 is 28.1. The smallest absolute Gasteiger partial charge is 0.238 e. The van der Waals surface area contributed by atoms with Gasteiger partial charge in [0, 0.05) is 5.38 Å². The summed E-state index contributed by atoms with van der Waals surface area (Å²) in [5.74, 6) is 1.32. The third-order valence-electron chi connectivity index (χ3n) is 3.93. The summed E-state index contributed by atoms with van der Waals surface area (Å²) in [7, 11) is -3.73. The first-order chi connectivity index (χ1) is 12.7. The summed E-state index contributed by atoms with van der Waals surface area (Å²) in [5, 5.41) is 10.5. The van der Waals surface area contributed by atoms with Gasteiger partial charge in [0.2, 0.25) is 15.9 Å². The van der Waals surface area contributed by atoms with E-state index in [9.17, 15) is 13.2 Å². The fourth-order valence-electron chi connectivity index (χ4n) is 2.54. The number of nitrogens with zero attached hydrogens (tertiary/aromatic N) is 1. The third-order valence-corrected chi connectivity index (χ3v) is 5.77. The quantitative estimate of drug-likeness (QED) is 0.654. The van der Waals surface area contributed by atoms with Crippen molar-refractivity contribution in [2.45, 2.75) is 31.2 Å². The van der Waals surface area contributed by atoms with Gasteiger partial charge in [-0.25, -0.2) is 18.5 Å². The van der Waals surface area contributed by atoms with E-state index < -0.39 is 10.0 Å². The van der Waals surface area contributed by atoms with Crippen LogP contribution in [0.1, 0.15) is 30.0 Å². The van der Waals surface area contributed by atoms with Gasteiger partial charge in [-0.2, -0.15) is 0 Å². The predicted molar refractivity (Wildman–Crippen MR) is 103 cm³/mol. The largest absolute Gasteiger partial charge is 0.459 e. The number of thiazole rings is 1. The fraction of sp³-hybridized carbons (Fsp3) is 0.222. The Bertz CT molecular complexity index is 1050. The SMILES string of the molecule is Cc1ccc(-c2nc(CC(=O)NC(C)c3ccc(S(N)(=O)=O)cc3)cs2)o1. The normalized spacial score (nSPS) is 12.7. The van der Waals surface area contributed by atoms with Gasteiger partial charge in [-0.05, 0) is 43.7 Å². The average Bonchev–Trinajstić information content (AvgIpc) is 3.23. The highest BCUT2D eigenvalue weighted by molar-refractivity contribution is 7.89. The van der Waals surface area contributed by atoms with Crippen LogP contribution < -0.4 is 10.5 Å². The van der Waals surface area contributed by atoms with Crippen LogP contribution in [-0.4, -0.2) is 19.3 Å². The Balaban J connectivity index is 1.61. The lowest BCUT2D eigenvalue weighted by Gasteiger charge is -2.14. The lowest BCUT2D eigenvalue weighted by atomic mass is 10.1. The second kappa shape index (κ2) is 7.63. The molecule has 2 aromatic heterocycles. The molecule has 3 N–H and O–H groups in total. The molecule has 0 fully saturated rings. The Morgan fingerprint density at radius 3 is 2.56 bits per heavy atom. The third kappa shape index (κ3) is 4.82. The van der Waals surface area contributed by atoms with Crippen molar-refractivity contribution in [1.29, 1.82) is 0 Å². The van der Waals surface area contributed by atoms with Crippen molar-refractivity contribution in [2.24, 2.45) is 5.14 Å². The Morgan fingerprint density at radius 1 is 1.26 bits per heavy atom. The minimum absolute atomic E-state index is 0.0351. The van der Waals surface area contributed by atoms with Crippen LogP contribution in [-0.2, 0) is 21.2 Å². The van der Waals surface area contributed by atoms with E-state index in [4.69, 9.17) is 9.56 Å². The number of hydrogen-bond donors (Lipinski definition) is 2. The molecule has 0 aliphatic carbocycles. The van der Waals surface area contributed by atoms with Crippen molar-refractivity contribution in [3.05, 3.63) is 58.8 Å². The first-order valence-corrected chi connectivity index (χ1v) is 10.6. The molecule has 2 heterocycles. The summed E-state index contributed by atoms with van der Waals surface area (Å²) in [4.78, 5) is 16.8. The van der Waals surface area contributed by atoms with E-state index in [-0.39, 0.29) is 23.3 Å². The van der Waals surface area contributed by atoms with Gasteiger partial charge in [-0.15, -0.1) is 11.3 Å². The van der Waals surface area contributed by atoms with Crippen molar-refractivity contribution in [2.75, 3.05) is 0 Å². The molecule has 142 valence electrons. The molecular weight excluding hydrogens is 386 g/mol. The zero-order chi connectivity index (χ0) is 19.6. The van der Waals surface area contributed by atoms with Crippen LogP contribution in [0.25, 0.3) is 10.8 Å². The number of hydrogen-bond acceptors (Lipinski definition) is 6. The molecule has 1 unspecified atom stereocenters. The van der Waals surface area contributed by atoms with Crippen LogP contribution >= 0.6 is 11.3 Å². The Morgan fingerprint density at radius 2 is 1.96 bits per heavy atom. The standard InChI is InChI=1S/C18H19N3O4S2/c1-11-3-8-16(25-11)18-21-14(10-26-18)9-17(22)20-12(2)13-4-6-15(7-5-13)27(19,23)24/h3-8,10,12H,9H2,1-2H3,(H,20,22)(H2,19,23,24). The predicted octanol–water partition coefficient (Wildman–Crippen LogP) is 2.78. The molecule has 1 atom stereocenters. The maximum absolute atomic E-state index is 12.3. The molecule has 3 rings (SSSR count). The molecule has 1 aromatic carbocycles. The van der Waals surface area contributed by atoms with Crippen molar-refractivity contribution in [3.8, 4) is 10.8 Å². The number of aryl methyl sites for hydroxylation is 1. The zero-order valence-corrected chi connectivity index (χ0v) is 16.4. The van der Waals surface area contributed by atoms with E-state index in [1.54, 1.807) is 12.1 Å². The molecule has 0 bridgehead atoms. The maximum atomic E-state index is 12.3. The summed E-state index contributed by atoms with van der Waals surface area (Å²) >= 11 is 1.42. The summed E-state index contributed by atoms with van der Waals surface area (Å²) in [5.41, 5.74) is 1.44. The topological polar surface area (TPSA) is 115 Å². The number of carbonyl (C=O) groups is 1. The number of nitrogens with one attached hydrogen (secondary N) is 1. The number of primary sulfonamides is 1. The minimum atomic E-state index is -3.73. The lowest BCUT2D eigenvalue weighted by Crippen LogP contribution is -2.28. The number of furan rings is 1. The van der Waals surface area contributed by atoms with Gasteiger partial charge in [-0.3, -0.25) is 4.79 Å². The molecule has 0 saturated heterocycles. The van der Waals surface area contributed by atoms with Crippen LogP contribution in [0.4, 0.5) is 0 Å².